The van der Waals surface area contributed by atoms with Crippen LogP contribution in [0.4, 0.5) is 0 Å². The van der Waals surface area contributed by atoms with Crippen molar-refractivity contribution in [3.63, 3.8) is 0 Å². The highest BCUT2D eigenvalue weighted by Crippen LogP contribution is 2.27. The van der Waals surface area contributed by atoms with Gasteiger partial charge in [-0.3, -0.25) is 9.89 Å². The summed E-state index contributed by atoms with van der Waals surface area (Å²) in [6, 6.07) is 0. The van der Waals surface area contributed by atoms with Gasteiger partial charge in [0.2, 0.25) is 5.91 Å². The summed E-state index contributed by atoms with van der Waals surface area (Å²) in [4.78, 5) is 18.5. The molecule has 0 radical (unpaired) electrons. The Kier molecular flexibility index (Phi) is 4.11. The van der Waals surface area contributed by atoms with E-state index in [2.05, 4.69) is 20.6 Å². The quantitative estimate of drug-likeness (QED) is 0.939. The Hall–Kier alpha value is -1.69. The number of rotatable bonds is 4. The molecule has 1 aliphatic heterocycles. The maximum atomic E-state index is 12.2. The van der Waals surface area contributed by atoms with E-state index < -0.39 is 0 Å². The van der Waals surface area contributed by atoms with Crippen LogP contribution in [0, 0.1) is 0 Å². The molecule has 2 aromatic rings. The van der Waals surface area contributed by atoms with Crippen molar-refractivity contribution in [1.29, 1.82) is 0 Å². The lowest BCUT2D eigenvalue weighted by Gasteiger charge is -2.31. The number of hydrogen-bond donors (Lipinski definition) is 1. The number of carbonyl (C=O) groups excluding carboxylic acids is 1. The van der Waals surface area contributed by atoms with Gasteiger partial charge in [-0.25, -0.2) is 4.98 Å². The van der Waals surface area contributed by atoms with Crippen molar-refractivity contribution in [2.45, 2.75) is 31.6 Å². The Bertz CT molecular complexity index is 530. The fourth-order valence-corrected chi connectivity index (χ4v) is 3.31. The molecule has 3 heterocycles. The van der Waals surface area contributed by atoms with Crippen molar-refractivity contribution < 1.29 is 4.79 Å². The third kappa shape index (κ3) is 3.07. The number of aromatic amines is 1. The largest absolute Gasteiger partial charge is 0.343 e. The van der Waals surface area contributed by atoms with Gasteiger partial charge in [0.05, 0.1) is 17.4 Å². The Morgan fingerprint density at radius 1 is 1.45 bits per heavy atom. The van der Waals surface area contributed by atoms with E-state index in [1.165, 1.54) is 5.69 Å². The van der Waals surface area contributed by atoms with Crippen LogP contribution >= 0.6 is 11.3 Å². The Balaban J connectivity index is 1.46. The molecule has 1 amide bonds. The first kappa shape index (κ1) is 13.3. The van der Waals surface area contributed by atoms with E-state index in [1.54, 1.807) is 17.5 Å². The van der Waals surface area contributed by atoms with Crippen molar-refractivity contribution >= 4 is 17.2 Å². The first-order chi connectivity index (χ1) is 9.83. The van der Waals surface area contributed by atoms with Gasteiger partial charge in [0.25, 0.3) is 0 Å². The average molecular weight is 290 g/mol. The Morgan fingerprint density at radius 2 is 2.30 bits per heavy atom. The minimum atomic E-state index is 0.253. The van der Waals surface area contributed by atoms with Gasteiger partial charge in [-0.2, -0.15) is 5.10 Å². The Labute approximate surface area is 122 Å². The molecule has 6 heteroatoms. The highest BCUT2D eigenvalue weighted by atomic mass is 32.1. The molecule has 0 spiro atoms. The van der Waals surface area contributed by atoms with Crippen molar-refractivity contribution in [3.8, 4) is 0 Å². The number of likely N-dealkylation sites (tertiary alicyclic amines) is 1. The second-order valence-corrected chi connectivity index (χ2v) is 5.89. The topological polar surface area (TPSA) is 61.9 Å². The second kappa shape index (κ2) is 6.17. The standard InChI is InChI=1S/C14H18N4OS/c19-14(2-1-11-7-16-17-8-11)18-5-3-12(4-6-18)13-9-20-10-15-13/h7-10,12H,1-6H2,(H,16,17). The summed E-state index contributed by atoms with van der Waals surface area (Å²) in [5, 5.41) is 8.79. The molecule has 1 fully saturated rings. The van der Waals surface area contributed by atoms with E-state index in [-0.39, 0.29) is 5.91 Å². The van der Waals surface area contributed by atoms with Crippen molar-refractivity contribution in [2.75, 3.05) is 13.1 Å². The maximum absolute atomic E-state index is 12.2. The van der Waals surface area contributed by atoms with Crippen LogP contribution in [0.25, 0.3) is 0 Å². The van der Waals surface area contributed by atoms with Gasteiger partial charge in [-0.05, 0) is 24.8 Å². The third-order valence-electron chi connectivity index (χ3n) is 3.90. The summed E-state index contributed by atoms with van der Waals surface area (Å²) < 4.78 is 0. The van der Waals surface area contributed by atoms with Crippen molar-refractivity contribution in [3.05, 3.63) is 34.5 Å². The molecule has 1 aliphatic rings. The predicted molar refractivity (Wildman–Crippen MR) is 77.6 cm³/mol. The van der Waals surface area contributed by atoms with Gasteiger partial charge < -0.3 is 4.90 Å². The molecule has 3 rings (SSSR count). The summed E-state index contributed by atoms with van der Waals surface area (Å²) in [5.74, 6) is 0.780. The molecule has 0 saturated carbocycles. The SMILES string of the molecule is O=C(CCc1cn[nH]c1)N1CCC(c2cscn2)CC1. The first-order valence-corrected chi connectivity index (χ1v) is 7.90. The molecular formula is C14H18N4OS. The number of piperidine rings is 1. The zero-order valence-corrected chi connectivity index (χ0v) is 12.1. The minimum absolute atomic E-state index is 0.253. The highest BCUT2D eigenvalue weighted by molar-refractivity contribution is 7.07. The number of aromatic nitrogens is 3. The van der Waals surface area contributed by atoms with Crippen LogP contribution in [0.5, 0.6) is 0 Å². The number of thiazole rings is 1. The average Bonchev–Trinajstić information content (AvgIpc) is 3.18. The number of hydrogen-bond acceptors (Lipinski definition) is 4. The fraction of sp³-hybridized carbons (Fsp3) is 0.500. The maximum Gasteiger partial charge on any atom is 0.222 e. The molecular weight excluding hydrogens is 272 g/mol. The zero-order chi connectivity index (χ0) is 13.8. The number of nitrogens with zero attached hydrogens (tertiary/aromatic N) is 3. The third-order valence-corrected chi connectivity index (χ3v) is 4.50. The monoisotopic (exact) mass is 290 g/mol. The zero-order valence-electron chi connectivity index (χ0n) is 11.3. The van der Waals surface area contributed by atoms with Gasteiger partial charge in [0.1, 0.15) is 0 Å². The molecule has 20 heavy (non-hydrogen) atoms. The summed E-state index contributed by atoms with van der Waals surface area (Å²) in [6.45, 7) is 1.71. The van der Waals surface area contributed by atoms with Gasteiger partial charge >= 0.3 is 0 Å². The highest BCUT2D eigenvalue weighted by Gasteiger charge is 2.24. The van der Waals surface area contributed by atoms with Crippen LogP contribution in [-0.4, -0.2) is 39.1 Å². The van der Waals surface area contributed by atoms with Crippen LogP contribution < -0.4 is 0 Å². The molecule has 5 nitrogen and oxygen atoms in total. The first-order valence-electron chi connectivity index (χ1n) is 6.96. The van der Waals surface area contributed by atoms with E-state index in [1.807, 2.05) is 16.6 Å². The number of nitrogens with one attached hydrogen (secondary N) is 1. The van der Waals surface area contributed by atoms with E-state index in [4.69, 9.17) is 0 Å². The summed E-state index contributed by atoms with van der Waals surface area (Å²) in [6.07, 6.45) is 7.02. The molecule has 2 aromatic heterocycles. The lowest BCUT2D eigenvalue weighted by atomic mass is 9.94. The van der Waals surface area contributed by atoms with E-state index in [9.17, 15) is 4.79 Å². The van der Waals surface area contributed by atoms with Crippen LogP contribution in [0.15, 0.2) is 23.3 Å². The van der Waals surface area contributed by atoms with Crippen molar-refractivity contribution in [1.82, 2.24) is 20.1 Å². The number of H-pyrrole nitrogens is 1. The summed E-state index contributed by atoms with van der Waals surface area (Å²) >= 11 is 1.65. The van der Waals surface area contributed by atoms with Crippen LogP contribution in [0.2, 0.25) is 0 Å². The normalized spacial score (nSPS) is 16.5. The van der Waals surface area contributed by atoms with Gasteiger partial charge in [-0.1, -0.05) is 0 Å². The lowest BCUT2D eigenvalue weighted by molar-refractivity contribution is -0.132. The molecule has 0 atom stereocenters. The molecule has 0 aromatic carbocycles. The molecule has 0 unspecified atom stereocenters. The lowest BCUT2D eigenvalue weighted by Crippen LogP contribution is -2.38. The van der Waals surface area contributed by atoms with E-state index >= 15 is 0 Å². The van der Waals surface area contributed by atoms with Crippen molar-refractivity contribution in [2.24, 2.45) is 0 Å². The van der Waals surface area contributed by atoms with Crippen LogP contribution in [0.1, 0.15) is 36.4 Å². The molecule has 0 aliphatic carbocycles. The minimum Gasteiger partial charge on any atom is -0.343 e. The predicted octanol–water partition coefficient (Wildman–Crippen LogP) is 2.21. The molecule has 0 bridgehead atoms. The number of aryl methyl sites for hydroxylation is 1. The van der Waals surface area contributed by atoms with Gasteiger partial charge in [0.15, 0.2) is 0 Å². The molecule has 1 saturated heterocycles. The van der Waals surface area contributed by atoms with Gasteiger partial charge in [-0.15, -0.1) is 11.3 Å². The van der Waals surface area contributed by atoms with Gasteiger partial charge in [0, 0.05) is 37.0 Å². The fourth-order valence-electron chi connectivity index (χ4n) is 2.67. The summed E-state index contributed by atoms with van der Waals surface area (Å²) in [5.41, 5.74) is 4.17. The summed E-state index contributed by atoms with van der Waals surface area (Å²) in [7, 11) is 0. The number of amides is 1. The number of carbonyl (C=O) groups is 1. The smallest absolute Gasteiger partial charge is 0.222 e. The van der Waals surface area contributed by atoms with E-state index in [0.717, 1.165) is 37.9 Å². The van der Waals surface area contributed by atoms with Crippen LogP contribution in [-0.2, 0) is 11.2 Å². The Morgan fingerprint density at radius 3 is 2.95 bits per heavy atom. The van der Waals surface area contributed by atoms with E-state index in [0.29, 0.717) is 12.3 Å². The molecule has 106 valence electrons. The second-order valence-electron chi connectivity index (χ2n) is 5.17. The molecule has 1 N–H and O–H groups in total. The van der Waals surface area contributed by atoms with Crippen LogP contribution in [0.3, 0.4) is 0 Å².